The third-order valence-corrected chi connectivity index (χ3v) is 3.88. The van der Waals surface area contributed by atoms with Crippen molar-refractivity contribution in [3.63, 3.8) is 0 Å². The molecule has 0 amide bonds. The van der Waals surface area contributed by atoms with Crippen LogP contribution in [0.4, 0.5) is 8.78 Å². The second-order valence-corrected chi connectivity index (χ2v) is 6.28. The van der Waals surface area contributed by atoms with Gasteiger partial charge in [-0.25, -0.2) is 0 Å². The van der Waals surface area contributed by atoms with Gasteiger partial charge in [0.05, 0.1) is 13.3 Å². The van der Waals surface area contributed by atoms with E-state index in [2.05, 4.69) is 25.3 Å². The largest absolute Gasteiger partial charge is 0.469 e. The molecule has 2 N–H and O–H groups in total. The lowest BCUT2D eigenvalue weighted by Crippen LogP contribution is -2.32. The van der Waals surface area contributed by atoms with Gasteiger partial charge in [-0.1, -0.05) is 6.42 Å². The third kappa shape index (κ3) is 9.28. The highest BCUT2D eigenvalue weighted by atomic mass is 32.1. The van der Waals surface area contributed by atoms with E-state index in [1.54, 1.807) is 32.2 Å². The Balaban J connectivity index is 2.35. The maximum atomic E-state index is 12.4. The number of carbonyl (C=O) groups is 1. The summed E-state index contributed by atoms with van der Waals surface area (Å²) in [6, 6.07) is 3.40. The zero-order chi connectivity index (χ0) is 20.2. The molecule has 0 unspecified atom stereocenters. The number of rotatable bonds is 10. The van der Waals surface area contributed by atoms with Crippen LogP contribution in [0.1, 0.15) is 42.4 Å². The van der Waals surface area contributed by atoms with Crippen molar-refractivity contribution >= 4 is 29.5 Å². The summed E-state index contributed by atoms with van der Waals surface area (Å²) < 4.78 is 33.9. The average molecular weight is 401 g/mol. The lowest BCUT2D eigenvalue weighted by molar-refractivity contribution is -0.140. The van der Waals surface area contributed by atoms with Gasteiger partial charge in [-0.3, -0.25) is 10.2 Å². The van der Waals surface area contributed by atoms with Crippen molar-refractivity contribution in [3.8, 4) is 5.75 Å². The Labute approximate surface area is 163 Å². The number of carbonyl (C=O) groups excluding carboxylic acids is 1. The van der Waals surface area contributed by atoms with Crippen LogP contribution in [0.25, 0.3) is 0 Å². The number of nitrogens with one attached hydrogen (secondary N) is 2. The molecule has 0 saturated carbocycles. The van der Waals surface area contributed by atoms with Gasteiger partial charge in [0, 0.05) is 13.0 Å². The fourth-order valence-corrected chi connectivity index (χ4v) is 2.57. The van der Waals surface area contributed by atoms with Gasteiger partial charge in [0.25, 0.3) is 0 Å². The lowest BCUT2D eigenvalue weighted by atomic mass is 10.1. The van der Waals surface area contributed by atoms with E-state index in [1.807, 2.05) is 0 Å². The molecule has 0 saturated heterocycles. The third-order valence-electron chi connectivity index (χ3n) is 3.64. The van der Waals surface area contributed by atoms with Crippen molar-refractivity contribution in [2.45, 2.75) is 46.1 Å². The summed E-state index contributed by atoms with van der Waals surface area (Å²) in [7, 11) is 1.38. The van der Waals surface area contributed by atoms with Crippen molar-refractivity contribution < 1.29 is 23.0 Å². The Morgan fingerprint density at radius 3 is 2.52 bits per heavy atom. The number of alkyl halides is 2. The van der Waals surface area contributed by atoms with Gasteiger partial charge in [0.15, 0.2) is 5.11 Å². The maximum Gasteiger partial charge on any atom is 0.387 e. The number of aryl methyl sites for hydroxylation is 2. The first-order valence-electron chi connectivity index (χ1n) is 8.53. The topological polar surface area (TPSA) is 72.0 Å². The summed E-state index contributed by atoms with van der Waals surface area (Å²) in [4.78, 5) is 11.0. The van der Waals surface area contributed by atoms with Crippen LogP contribution in [0, 0.1) is 13.8 Å². The number of hydrazone groups is 1. The van der Waals surface area contributed by atoms with Crippen LogP contribution in [0.15, 0.2) is 17.2 Å². The normalized spacial score (nSPS) is 10.9. The van der Waals surface area contributed by atoms with Crippen molar-refractivity contribution in [2.75, 3.05) is 13.7 Å². The Bertz CT molecular complexity index is 646. The maximum absolute atomic E-state index is 12.4. The molecule has 0 atom stereocenters. The van der Waals surface area contributed by atoms with Crippen LogP contribution < -0.4 is 15.5 Å². The average Bonchev–Trinajstić information content (AvgIpc) is 2.60. The van der Waals surface area contributed by atoms with Gasteiger partial charge in [0.1, 0.15) is 5.75 Å². The number of hydrogen-bond acceptors (Lipinski definition) is 5. The fraction of sp³-hybridized carbons (Fsp3) is 0.500. The van der Waals surface area contributed by atoms with E-state index in [9.17, 15) is 13.6 Å². The number of methoxy groups -OCH3 is 1. The van der Waals surface area contributed by atoms with Gasteiger partial charge in [-0.2, -0.15) is 13.9 Å². The molecule has 0 heterocycles. The molecule has 0 fully saturated rings. The Morgan fingerprint density at radius 1 is 1.26 bits per heavy atom. The summed E-state index contributed by atoms with van der Waals surface area (Å²) in [5.41, 5.74) is 4.64. The fourth-order valence-electron chi connectivity index (χ4n) is 2.41. The van der Waals surface area contributed by atoms with Crippen LogP contribution in [0.5, 0.6) is 5.75 Å². The molecular formula is C18H25F2N3O3S. The molecule has 0 spiro atoms. The smallest absolute Gasteiger partial charge is 0.387 e. The molecule has 0 bridgehead atoms. The van der Waals surface area contributed by atoms with Crippen LogP contribution in [-0.2, 0) is 9.53 Å². The molecule has 150 valence electrons. The number of esters is 1. The summed E-state index contributed by atoms with van der Waals surface area (Å²) in [5.74, 6) is -0.0201. The molecule has 0 aromatic heterocycles. The van der Waals surface area contributed by atoms with Crippen LogP contribution >= 0.6 is 12.2 Å². The van der Waals surface area contributed by atoms with E-state index in [-0.39, 0.29) is 11.7 Å². The summed E-state index contributed by atoms with van der Waals surface area (Å²) in [5, 5.41) is 7.43. The van der Waals surface area contributed by atoms with E-state index in [0.717, 1.165) is 24.8 Å². The van der Waals surface area contributed by atoms with E-state index in [0.29, 0.717) is 29.2 Å². The minimum absolute atomic E-state index is 0.180. The minimum Gasteiger partial charge on any atom is -0.469 e. The first-order chi connectivity index (χ1) is 12.8. The summed E-state index contributed by atoms with van der Waals surface area (Å²) in [6.07, 6.45) is 4.50. The lowest BCUT2D eigenvalue weighted by Gasteiger charge is -2.12. The SMILES string of the molecule is COC(=O)CCCCCNC(=S)N/N=C\c1cc(C)c(OC(F)F)c(C)c1. The predicted octanol–water partition coefficient (Wildman–Crippen LogP) is 3.44. The zero-order valence-corrected chi connectivity index (χ0v) is 16.5. The van der Waals surface area contributed by atoms with Gasteiger partial charge in [0.2, 0.25) is 0 Å². The first-order valence-corrected chi connectivity index (χ1v) is 8.94. The van der Waals surface area contributed by atoms with Gasteiger partial charge < -0.3 is 14.8 Å². The number of hydrogen-bond donors (Lipinski definition) is 2. The Morgan fingerprint density at radius 2 is 1.93 bits per heavy atom. The molecule has 6 nitrogen and oxygen atoms in total. The molecule has 1 aromatic rings. The van der Waals surface area contributed by atoms with Crippen LogP contribution in [0.3, 0.4) is 0 Å². The number of nitrogens with zero attached hydrogens (tertiary/aromatic N) is 1. The molecule has 0 radical (unpaired) electrons. The summed E-state index contributed by atoms with van der Waals surface area (Å²) >= 11 is 5.11. The number of thiocarbonyl (C=S) groups is 1. The molecule has 27 heavy (non-hydrogen) atoms. The monoisotopic (exact) mass is 401 g/mol. The molecular weight excluding hydrogens is 376 g/mol. The number of ether oxygens (including phenoxy) is 2. The van der Waals surface area contributed by atoms with Crippen LogP contribution in [-0.4, -0.2) is 37.6 Å². The molecule has 1 rings (SSSR count). The van der Waals surface area contributed by atoms with E-state index < -0.39 is 6.61 Å². The minimum atomic E-state index is -2.85. The van der Waals surface area contributed by atoms with E-state index in [1.165, 1.54) is 7.11 Å². The van der Waals surface area contributed by atoms with Crippen molar-refractivity contribution in [1.29, 1.82) is 0 Å². The molecule has 9 heteroatoms. The highest BCUT2D eigenvalue weighted by Crippen LogP contribution is 2.25. The van der Waals surface area contributed by atoms with E-state index in [4.69, 9.17) is 12.2 Å². The molecule has 1 aromatic carbocycles. The van der Waals surface area contributed by atoms with Crippen molar-refractivity contribution in [1.82, 2.24) is 10.7 Å². The molecule has 0 aliphatic carbocycles. The van der Waals surface area contributed by atoms with Crippen molar-refractivity contribution in [3.05, 3.63) is 28.8 Å². The van der Waals surface area contributed by atoms with Gasteiger partial charge in [-0.15, -0.1) is 0 Å². The second kappa shape index (κ2) is 12.2. The standard InChI is InChI=1S/C18H25F2N3O3S/c1-12-9-14(10-13(2)16(12)26-17(19)20)11-22-23-18(27)21-8-6-4-5-7-15(24)25-3/h9-11,17H,4-8H2,1-3H3,(H2,21,23,27)/b22-11-. The number of halogens is 2. The Hall–Kier alpha value is -2.29. The quantitative estimate of drug-likeness (QED) is 0.206. The van der Waals surface area contributed by atoms with Gasteiger partial charge >= 0.3 is 12.6 Å². The van der Waals surface area contributed by atoms with Gasteiger partial charge in [-0.05, 0) is 67.7 Å². The van der Waals surface area contributed by atoms with Crippen molar-refractivity contribution in [2.24, 2.45) is 5.10 Å². The van der Waals surface area contributed by atoms with E-state index >= 15 is 0 Å². The van der Waals surface area contributed by atoms with Crippen LogP contribution in [0.2, 0.25) is 0 Å². The first kappa shape index (κ1) is 22.8. The Kier molecular flexibility index (Phi) is 10.2. The molecule has 0 aliphatic rings. The highest BCUT2D eigenvalue weighted by molar-refractivity contribution is 7.80. The highest BCUT2D eigenvalue weighted by Gasteiger charge is 2.11. The zero-order valence-electron chi connectivity index (χ0n) is 15.7. The predicted molar refractivity (Wildman–Crippen MR) is 104 cm³/mol. The number of benzene rings is 1. The molecule has 0 aliphatic heterocycles. The summed E-state index contributed by atoms with van der Waals surface area (Å²) in [6.45, 7) is 1.21. The second-order valence-electron chi connectivity index (χ2n) is 5.88. The number of unbranched alkanes of at least 4 members (excludes halogenated alkanes) is 2.